The van der Waals surface area contributed by atoms with Crippen LogP contribution in [0.15, 0.2) is 12.3 Å². The van der Waals surface area contributed by atoms with Crippen molar-refractivity contribution in [2.75, 3.05) is 26.7 Å². The molecule has 1 saturated heterocycles. The van der Waals surface area contributed by atoms with E-state index in [1.165, 1.54) is 44.5 Å². The monoisotopic (exact) mass is 278 g/mol. The van der Waals surface area contributed by atoms with Gasteiger partial charge in [-0.25, -0.2) is 0 Å². The van der Waals surface area contributed by atoms with Gasteiger partial charge in [0, 0.05) is 12.7 Å². The number of rotatable bonds is 6. The van der Waals surface area contributed by atoms with Crippen molar-refractivity contribution in [2.24, 2.45) is 5.92 Å². The largest absolute Gasteiger partial charge is 0.319 e. The van der Waals surface area contributed by atoms with Gasteiger partial charge in [0.15, 0.2) is 0 Å². The van der Waals surface area contributed by atoms with Crippen molar-refractivity contribution in [3.8, 4) is 0 Å². The highest BCUT2D eigenvalue weighted by Crippen LogP contribution is 2.34. The molecule has 4 nitrogen and oxygen atoms in total. The van der Waals surface area contributed by atoms with Gasteiger partial charge >= 0.3 is 0 Å². The number of aromatic nitrogens is 2. The van der Waals surface area contributed by atoms with E-state index in [9.17, 15) is 0 Å². The van der Waals surface area contributed by atoms with E-state index in [0.29, 0.717) is 12.0 Å². The number of nitrogens with one attached hydrogen (secondary N) is 1. The van der Waals surface area contributed by atoms with E-state index in [1.54, 1.807) is 0 Å². The maximum Gasteiger partial charge on any atom is 0.0559 e. The Labute approximate surface area is 123 Å². The lowest BCUT2D eigenvalue weighted by Crippen LogP contribution is -2.38. The molecule has 0 amide bonds. The molecule has 1 N–H and O–H groups in total. The minimum Gasteiger partial charge on any atom is -0.319 e. The van der Waals surface area contributed by atoms with Crippen LogP contribution in [0.4, 0.5) is 0 Å². The minimum absolute atomic E-state index is 0.521. The molecule has 1 aliphatic heterocycles. The van der Waals surface area contributed by atoms with Crippen molar-refractivity contribution in [1.29, 1.82) is 0 Å². The zero-order valence-electron chi connectivity index (χ0n) is 13.3. The summed E-state index contributed by atoms with van der Waals surface area (Å²) >= 11 is 0. The van der Waals surface area contributed by atoms with Gasteiger partial charge in [0.1, 0.15) is 0 Å². The molecule has 2 unspecified atom stereocenters. The van der Waals surface area contributed by atoms with E-state index in [-0.39, 0.29) is 0 Å². The molecule has 0 aliphatic carbocycles. The molecule has 114 valence electrons. The van der Waals surface area contributed by atoms with Crippen LogP contribution in [0.3, 0.4) is 0 Å². The van der Waals surface area contributed by atoms with Crippen molar-refractivity contribution in [3.63, 3.8) is 0 Å². The topological polar surface area (TPSA) is 33.1 Å². The first-order valence-electron chi connectivity index (χ1n) is 8.22. The molecule has 0 aromatic carbocycles. The van der Waals surface area contributed by atoms with Crippen LogP contribution >= 0.6 is 0 Å². The molecule has 1 aliphatic rings. The highest BCUT2D eigenvalue weighted by molar-refractivity contribution is 5.10. The van der Waals surface area contributed by atoms with E-state index in [2.05, 4.69) is 47.0 Å². The maximum absolute atomic E-state index is 4.50. The van der Waals surface area contributed by atoms with Gasteiger partial charge in [-0.3, -0.25) is 9.58 Å². The van der Waals surface area contributed by atoms with E-state index in [4.69, 9.17) is 0 Å². The number of hydrogen-bond donors (Lipinski definition) is 1. The lowest BCUT2D eigenvalue weighted by molar-refractivity contribution is 0.146. The third kappa shape index (κ3) is 3.41. The summed E-state index contributed by atoms with van der Waals surface area (Å²) in [6.07, 6.45) is 7.19. The fourth-order valence-corrected chi connectivity index (χ4v) is 3.62. The van der Waals surface area contributed by atoms with Crippen molar-refractivity contribution in [2.45, 2.75) is 52.1 Å². The molecule has 0 bridgehead atoms. The quantitative estimate of drug-likeness (QED) is 0.868. The van der Waals surface area contributed by atoms with Crippen molar-refractivity contribution in [3.05, 3.63) is 18.0 Å². The summed E-state index contributed by atoms with van der Waals surface area (Å²) < 4.78 is 2.18. The van der Waals surface area contributed by atoms with Crippen LogP contribution < -0.4 is 5.32 Å². The third-order valence-corrected chi connectivity index (χ3v) is 4.44. The molecular weight excluding hydrogens is 248 g/mol. The van der Waals surface area contributed by atoms with Gasteiger partial charge in [0.2, 0.25) is 0 Å². The smallest absolute Gasteiger partial charge is 0.0559 e. The Morgan fingerprint density at radius 3 is 2.90 bits per heavy atom. The van der Waals surface area contributed by atoms with Crippen molar-refractivity contribution in [1.82, 2.24) is 20.0 Å². The second-order valence-corrected chi connectivity index (χ2v) is 5.87. The van der Waals surface area contributed by atoms with Crippen molar-refractivity contribution >= 4 is 0 Å². The van der Waals surface area contributed by atoms with E-state index < -0.39 is 0 Å². The average molecular weight is 278 g/mol. The maximum atomic E-state index is 4.50. The summed E-state index contributed by atoms with van der Waals surface area (Å²) in [6, 6.07) is 2.75. The van der Waals surface area contributed by atoms with Crippen LogP contribution in [0.5, 0.6) is 0 Å². The van der Waals surface area contributed by atoms with Crippen LogP contribution in [0.1, 0.15) is 51.3 Å². The second kappa shape index (κ2) is 7.79. The highest BCUT2D eigenvalue weighted by Gasteiger charge is 2.32. The Morgan fingerprint density at radius 1 is 1.35 bits per heavy atom. The summed E-state index contributed by atoms with van der Waals surface area (Å²) in [5.41, 5.74) is 1.41. The van der Waals surface area contributed by atoms with Crippen LogP contribution in [0.2, 0.25) is 0 Å². The second-order valence-electron chi connectivity index (χ2n) is 5.87. The SMILES string of the molecule is CCCN1CCCCC(CNC)C1c1ccnn1CC. The number of nitrogens with zero attached hydrogens (tertiary/aromatic N) is 3. The molecule has 2 rings (SSSR count). The Morgan fingerprint density at radius 2 is 2.20 bits per heavy atom. The predicted molar refractivity (Wildman–Crippen MR) is 83.8 cm³/mol. The molecule has 1 fully saturated rings. The number of likely N-dealkylation sites (tertiary alicyclic amines) is 1. The van der Waals surface area contributed by atoms with Crippen molar-refractivity contribution < 1.29 is 0 Å². The Balaban J connectivity index is 2.31. The number of hydrogen-bond acceptors (Lipinski definition) is 3. The van der Waals surface area contributed by atoms with Gasteiger partial charge in [0.05, 0.1) is 11.7 Å². The van der Waals surface area contributed by atoms with Crippen LogP contribution in [0, 0.1) is 5.92 Å². The Kier molecular flexibility index (Phi) is 6.05. The molecule has 2 heterocycles. The molecule has 2 atom stereocenters. The molecule has 0 radical (unpaired) electrons. The van der Waals surface area contributed by atoms with E-state index in [1.807, 2.05) is 6.20 Å². The van der Waals surface area contributed by atoms with E-state index >= 15 is 0 Å². The van der Waals surface area contributed by atoms with Crippen LogP contribution in [0.25, 0.3) is 0 Å². The number of aryl methyl sites for hydroxylation is 1. The fourth-order valence-electron chi connectivity index (χ4n) is 3.62. The first kappa shape index (κ1) is 15.5. The first-order chi connectivity index (χ1) is 9.81. The first-order valence-corrected chi connectivity index (χ1v) is 8.22. The van der Waals surface area contributed by atoms with Gasteiger partial charge in [-0.2, -0.15) is 5.10 Å². The van der Waals surface area contributed by atoms with Gasteiger partial charge < -0.3 is 5.32 Å². The molecule has 0 saturated carbocycles. The predicted octanol–water partition coefficient (Wildman–Crippen LogP) is 2.68. The highest BCUT2D eigenvalue weighted by atomic mass is 15.3. The summed E-state index contributed by atoms with van der Waals surface area (Å²) in [5, 5.41) is 7.90. The summed E-state index contributed by atoms with van der Waals surface area (Å²) in [4.78, 5) is 2.69. The molecule has 4 heteroatoms. The van der Waals surface area contributed by atoms with E-state index in [0.717, 1.165) is 13.1 Å². The van der Waals surface area contributed by atoms with Gasteiger partial charge in [-0.05, 0) is 64.9 Å². The van der Waals surface area contributed by atoms with Gasteiger partial charge in [0.25, 0.3) is 0 Å². The molecule has 1 aromatic rings. The molecule has 0 spiro atoms. The molecule has 1 aromatic heterocycles. The lowest BCUT2D eigenvalue weighted by atomic mass is 9.92. The Bertz CT molecular complexity index is 372. The lowest BCUT2D eigenvalue weighted by Gasteiger charge is -2.35. The molecular formula is C16H30N4. The normalized spacial score (nSPS) is 24.8. The zero-order chi connectivity index (χ0) is 14.4. The summed E-state index contributed by atoms with van der Waals surface area (Å²) in [6.45, 7) is 8.95. The van der Waals surface area contributed by atoms with Gasteiger partial charge in [-0.1, -0.05) is 13.3 Å². The summed E-state index contributed by atoms with van der Waals surface area (Å²) in [7, 11) is 2.07. The third-order valence-electron chi connectivity index (χ3n) is 4.44. The van der Waals surface area contributed by atoms with Crippen LogP contribution in [-0.4, -0.2) is 41.4 Å². The zero-order valence-corrected chi connectivity index (χ0v) is 13.3. The molecule has 20 heavy (non-hydrogen) atoms. The average Bonchev–Trinajstić information content (AvgIpc) is 2.83. The summed E-state index contributed by atoms with van der Waals surface area (Å²) in [5.74, 6) is 0.691. The minimum atomic E-state index is 0.521. The Hall–Kier alpha value is -0.870. The van der Waals surface area contributed by atoms with Gasteiger partial charge in [-0.15, -0.1) is 0 Å². The fraction of sp³-hybridized carbons (Fsp3) is 0.812. The van der Waals surface area contributed by atoms with Crippen LogP contribution in [-0.2, 0) is 6.54 Å². The standard InChI is InChI=1S/C16H30N4/c1-4-11-19-12-7-6-8-14(13-17-3)16(19)15-9-10-18-20(15)5-2/h9-10,14,16-17H,4-8,11-13H2,1-3H3.